The molecule has 2 aliphatic rings. The molecule has 0 saturated carbocycles. The molecular formula is C27H26F2N4O3. The van der Waals surface area contributed by atoms with Gasteiger partial charge in [-0.1, -0.05) is 18.2 Å². The van der Waals surface area contributed by atoms with Gasteiger partial charge in [0.25, 0.3) is 11.8 Å². The largest absolute Gasteiger partial charge is 0.384 e. The van der Waals surface area contributed by atoms with E-state index >= 15 is 0 Å². The highest BCUT2D eigenvalue weighted by molar-refractivity contribution is 6.11. The second-order valence-corrected chi connectivity index (χ2v) is 8.71. The van der Waals surface area contributed by atoms with Crippen LogP contribution in [0.15, 0.2) is 54.6 Å². The third-order valence-corrected chi connectivity index (χ3v) is 6.46. The molecule has 0 spiro atoms. The number of benzene rings is 3. The minimum absolute atomic E-state index is 0.0670. The first kappa shape index (κ1) is 23.9. The molecular weight excluding hydrogens is 466 g/mol. The summed E-state index contributed by atoms with van der Waals surface area (Å²) in [5.74, 6) is -2.69. The summed E-state index contributed by atoms with van der Waals surface area (Å²) in [5, 5.41) is 8.85. The van der Waals surface area contributed by atoms with Crippen molar-refractivity contribution in [1.29, 1.82) is 0 Å². The van der Waals surface area contributed by atoms with Crippen LogP contribution in [0.2, 0.25) is 0 Å². The lowest BCUT2D eigenvalue weighted by molar-refractivity contribution is 0.0398. The Labute approximate surface area is 207 Å². The minimum atomic E-state index is -0.977. The van der Waals surface area contributed by atoms with Crippen molar-refractivity contribution in [3.63, 3.8) is 0 Å². The molecule has 5 rings (SSSR count). The fraction of sp³-hybridized carbons (Fsp3) is 0.259. The zero-order valence-electron chi connectivity index (χ0n) is 19.6. The van der Waals surface area contributed by atoms with Gasteiger partial charge in [0.15, 0.2) is 11.6 Å². The Morgan fingerprint density at radius 2 is 1.78 bits per heavy atom. The first-order chi connectivity index (χ1) is 17.5. The van der Waals surface area contributed by atoms with Crippen LogP contribution in [0.3, 0.4) is 0 Å². The van der Waals surface area contributed by atoms with Gasteiger partial charge in [0.1, 0.15) is 0 Å². The predicted octanol–water partition coefficient (Wildman–Crippen LogP) is 3.87. The van der Waals surface area contributed by atoms with E-state index in [0.29, 0.717) is 22.4 Å². The lowest BCUT2D eigenvalue weighted by Gasteiger charge is -2.26. The first-order valence-electron chi connectivity index (χ1n) is 11.8. The predicted molar refractivity (Wildman–Crippen MR) is 133 cm³/mol. The van der Waals surface area contributed by atoms with Crippen molar-refractivity contribution in [2.24, 2.45) is 0 Å². The molecule has 0 unspecified atom stereocenters. The number of ether oxygens (including phenoxy) is 1. The van der Waals surface area contributed by atoms with Crippen molar-refractivity contribution in [2.75, 3.05) is 50.0 Å². The summed E-state index contributed by atoms with van der Waals surface area (Å²) in [5.41, 5.74) is 2.90. The summed E-state index contributed by atoms with van der Waals surface area (Å²) in [6.07, 6.45) is 0. The fourth-order valence-electron chi connectivity index (χ4n) is 4.53. The van der Waals surface area contributed by atoms with E-state index in [1.54, 1.807) is 24.3 Å². The van der Waals surface area contributed by atoms with Crippen LogP contribution in [-0.2, 0) is 11.3 Å². The molecule has 2 heterocycles. The Kier molecular flexibility index (Phi) is 6.92. The number of amides is 2. The third kappa shape index (κ3) is 4.93. The molecule has 186 valence electrons. The van der Waals surface area contributed by atoms with Crippen LogP contribution in [-0.4, -0.2) is 56.1 Å². The molecule has 36 heavy (non-hydrogen) atoms. The molecule has 1 saturated heterocycles. The minimum Gasteiger partial charge on any atom is -0.384 e. The molecule has 2 amide bonds. The molecule has 0 aromatic heterocycles. The maximum Gasteiger partial charge on any atom is 0.255 e. The average molecular weight is 493 g/mol. The van der Waals surface area contributed by atoms with Crippen LogP contribution in [0.5, 0.6) is 0 Å². The van der Waals surface area contributed by atoms with Gasteiger partial charge in [0.05, 0.1) is 24.5 Å². The van der Waals surface area contributed by atoms with Crippen LogP contribution < -0.4 is 16.0 Å². The summed E-state index contributed by atoms with van der Waals surface area (Å²) in [6.45, 7) is 5.24. The fourth-order valence-corrected chi connectivity index (χ4v) is 4.53. The average Bonchev–Trinajstić information content (AvgIpc) is 3.29. The van der Waals surface area contributed by atoms with E-state index in [4.69, 9.17) is 4.74 Å². The SMILES string of the molecule is O=C(Nc1ccc(-c2cccc(F)c2F)c2c1C(=O)NC2)c1ccc(NCCN2CCOCC2)cc1. The summed E-state index contributed by atoms with van der Waals surface area (Å²) < 4.78 is 33.6. The molecule has 3 N–H and O–H groups in total. The van der Waals surface area contributed by atoms with E-state index < -0.39 is 11.6 Å². The molecule has 0 atom stereocenters. The van der Waals surface area contributed by atoms with E-state index in [-0.39, 0.29) is 29.5 Å². The summed E-state index contributed by atoms with van der Waals surface area (Å²) >= 11 is 0. The standard InChI is InChI=1S/C27H26F2N4O3/c28-22-3-1-2-20(25(22)29)19-8-9-23(24-21(19)16-31-27(24)35)32-26(34)17-4-6-18(7-5-17)30-10-11-33-12-14-36-15-13-33/h1-9,30H,10-16H2,(H,31,35)(H,32,34). The van der Waals surface area contributed by atoms with E-state index in [1.165, 1.54) is 12.1 Å². The first-order valence-corrected chi connectivity index (χ1v) is 11.8. The lowest BCUT2D eigenvalue weighted by atomic mass is 9.95. The zero-order valence-corrected chi connectivity index (χ0v) is 19.6. The number of fused-ring (bicyclic) bond motifs is 1. The molecule has 0 aliphatic carbocycles. The number of halogens is 2. The van der Waals surface area contributed by atoms with Crippen LogP contribution in [0.4, 0.5) is 20.2 Å². The highest BCUT2D eigenvalue weighted by atomic mass is 19.2. The van der Waals surface area contributed by atoms with Crippen molar-refractivity contribution < 1.29 is 23.1 Å². The molecule has 3 aromatic rings. The number of hydrogen-bond donors (Lipinski definition) is 3. The van der Waals surface area contributed by atoms with Crippen LogP contribution in [0.1, 0.15) is 26.3 Å². The van der Waals surface area contributed by atoms with Crippen LogP contribution in [0, 0.1) is 11.6 Å². The van der Waals surface area contributed by atoms with Crippen molar-refractivity contribution in [3.8, 4) is 11.1 Å². The van der Waals surface area contributed by atoms with Crippen LogP contribution >= 0.6 is 0 Å². The number of rotatable bonds is 7. The topological polar surface area (TPSA) is 82.7 Å². The van der Waals surface area contributed by atoms with Crippen LogP contribution in [0.25, 0.3) is 11.1 Å². The Morgan fingerprint density at radius 3 is 2.56 bits per heavy atom. The summed E-state index contributed by atoms with van der Waals surface area (Å²) in [6, 6.07) is 14.2. The zero-order chi connectivity index (χ0) is 25.1. The van der Waals surface area contributed by atoms with Gasteiger partial charge in [0.2, 0.25) is 0 Å². The molecule has 7 nitrogen and oxygen atoms in total. The highest BCUT2D eigenvalue weighted by Crippen LogP contribution is 2.35. The van der Waals surface area contributed by atoms with E-state index in [2.05, 4.69) is 20.9 Å². The van der Waals surface area contributed by atoms with Crippen molar-refractivity contribution in [1.82, 2.24) is 10.2 Å². The Bertz CT molecular complexity index is 1290. The maximum absolute atomic E-state index is 14.4. The molecule has 0 radical (unpaired) electrons. The van der Waals surface area contributed by atoms with Gasteiger partial charge in [0, 0.05) is 49.5 Å². The van der Waals surface area contributed by atoms with E-state index in [9.17, 15) is 18.4 Å². The van der Waals surface area contributed by atoms with Gasteiger partial charge in [-0.25, -0.2) is 8.78 Å². The number of nitrogens with one attached hydrogen (secondary N) is 3. The number of morpholine rings is 1. The Hall–Kier alpha value is -3.82. The normalized spacial score (nSPS) is 15.3. The maximum atomic E-state index is 14.4. The third-order valence-electron chi connectivity index (χ3n) is 6.46. The number of carbonyl (C=O) groups is 2. The molecule has 1 fully saturated rings. The van der Waals surface area contributed by atoms with Gasteiger partial charge in [-0.15, -0.1) is 0 Å². The van der Waals surface area contributed by atoms with E-state index in [1.807, 2.05) is 12.1 Å². The smallest absolute Gasteiger partial charge is 0.255 e. The molecule has 0 bridgehead atoms. The number of nitrogens with zero attached hydrogens (tertiary/aromatic N) is 1. The molecule has 9 heteroatoms. The van der Waals surface area contributed by atoms with Gasteiger partial charge in [-0.3, -0.25) is 14.5 Å². The second-order valence-electron chi connectivity index (χ2n) is 8.71. The van der Waals surface area contributed by atoms with Crippen molar-refractivity contribution in [3.05, 3.63) is 82.9 Å². The van der Waals surface area contributed by atoms with Gasteiger partial charge < -0.3 is 20.7 Å². The van der Waals surface area contributed by atoms with E-state index in [0.717, 1.165) is 51.1 Å². The molecule has 2 aliphatic heterocycles. The van der Waals surface area contributed by atoms with Gasteiger partial charge >= 0.3 is 0 Å². The number of anilines is 2. The van der Waals surface area contributed by atoms with Gasteiger partial charge in [-0.2, -0.15) is 0 Å². The summed E-state index contributed by atoms with van der Waals surface area (Å²) in [4.78, 5) is 27.8. The number of carbonyl (C=O) groups excluding carboxylic acids is 2. The van der Waals surface area contributed by atoms with Gasteiger partial charge in [-0.05, 0) is 47.5 Å². The Morgan fingerprint density at radius 1 is 1.00 bits per heavy atom. The Balaban J connectivity index is 1.28. The lowest BCUT2D eigenvalue weighted by Crippen LogP contribution is -2.39. The number of hydrogen-bond acceptors (Lipinski definition) is 5. The van der Waals surface area contributed by atoms with Crippen molar-refractivity contribution in [2.45, 2.75) is 6.54 Å². The van der Waals surface area contributed by atoms with Crippen molar-refractivity contribution >= 4 is 23.2 Å². The highest BCUT2D eigenvalue weighted by Gasteiger charge is 2.28. The second kappa shape index (κ2) is 10.4. The monoisotopic (exact) mass is 492 g/mol. The molecule has 3 aromatic carbocycles. The quantitative estimate of drug-likeness (QED) is 0.467. The summed E-state index contributed by atoms with van der Waals surface area (Å²) in [7, 11) is 0.